The predicted octanol–water partition coefficient (Wildman–Crippen LogP) is 2.61. The summed E-state index contributed by atoms with van der Waals surface area (Å²) in [5.74, 6) is 0.366. The van der Waals surface area contributed by atoms with Crippen molar-refractivity contribution in [2.45, 2.75) is 0 Å². The molecule has 0 bridgehead atoms. The van der Waals surface area contributed by atoms with Gasteiger partial charge in [-0.05, 0) is 12.1 Å². The van der Waals surface area contributed by atoms with Crippen LogP contribution in [0, 0.1) is 6.57 Å². The van der Waals surface area contributed by atoms with Gasteiger partial charge in [0.25, 0.3) is 5.70 Å². The Balaban J connectivity index is 2.51. The number of hydrogen-bond acceptors (Lipinski definition) is 3. The van der Waals surface area contributed by atoms with Gasteiger partial charge in [-0.15, -0.1) is 0 Å². The van der Waals surface area contributed by atoms with Crippen molar-refractivity contribution in [2.75, 3.05) is 14.1 Å². The lowest BCUT2D eigenvalue weighted by Crippen LogP contribution is -2.01. The minimum absolute atomic E-state index is 0.366. The molecule has 1 heterocycles. The van der Waals surface area contributed by atoms with Crippen molar-refractivity contribution in [1.29, 1.82) is 0 Å². The Bertz CT molecular complexity index is 542. The zero-order valence-electron chi connectivity index (χ0n) is 9.14. The van der Waals surface area contributed by atoms with Crippen LogP contribution in [0.15, 0.2) is 34.9 Å². The Labute approximate surface area is 93.6 Å². The molecular weight excluding hydrogens is 202 g/mol. The maximum Gasteiger partial charge on any atom is 0.262 e. The zero-order valence-corrected chi connectivity index (χ0v) is 9.14. The first kappa shape index (κ1) is 10.2. The zero-order chi connectivity index (χ0) is 11.5. The number of para-hydroxylation sites is 2. The van der Waals surface area contributed by atoms with Gasteiger partial charge in [-0.1, -0.05) is 12.1 Å². The van der Waals surface area contributed by atoms with E-state index in [-0.39, 0.29) is 0 Å². The second-order valence-electron chi connectivity index (χ2n) is 3.58. The van der Waals surface area contributed by atoms with Gasteiger partial charge in [0, 0.05) is 20.3 Å². The largest absolute Gasteiger partial charge is 0.447 e. The SMILES string of the molecule is [C-]#[N+]/C(=C\N(C)C)c1nc2ccccc2o1. The first-order chi connectivity index (χ1) is 7.70. The van der Waals surface area contributed by atoms with Crippen molar-refractivity contribution < 1.29 is 4.42 Å². The van der Waals surface area contributed by atoms with Crippen LogP contribution in [0.25, 0.3) is 21.6 Å². The van der Waals surface area contributed by atoms with Crippen LogP contribution in [0.2, 0.25) is 0 Å². The maximum absolute atomic E-state index is 7.09. The highest BCUT2D eigenvalue weighted by Gasteiger charge is 2.10. The van der Waals surface area contributed by atoms with Crippen molar-refractivity contribution in [3.8, 4) is 0 Å². The van der Waals surface area contributed by atoms with Gasteiger partial charge in [0.2, 0.25) is 5.89 Å². The fourth-order valence-corrected chi connectivity index (χ4v) is 1.36. The van der Waals surface area contributed by atoms with E-state index in [0.29, 0.717) is 17.2 Å². The van der Waals surface area contributed by atoms with E-state index in [1.165, 1.54) is 0 Å². The molecule has 0 N–H and O–H groups in total. The lowest BCUT2D eigenvalue weighted by molar-refractivity contribution is 0.554. The molecule has 0 amide bonds. The Morgan fingerprint density at radius 1 is 1.44 bits per heavy atom. The van der Waals surface area contributed by atoms with Crippen molar-refractivity contribution >= 4 is 16.8 Å². The van der Waals surface area contributed by atoms with E-state index >= 15 is 0 Å². The molecule has 2 aromatic rings. The number of fused-ring (bicyclic) bond motifs is 1. The van der Waals surface area contributed by atoms with Gasteiger partial charge in [0.05, 0.1) is 6.57 Å². The molecule has 16 heavy (non-hydrogen) atoms. The number of aromatic nitrogens is 1. The van der Waals surface area contributed by atoms with E-state index in [2.05, 4.69) is 9.83 Å². The molecule has 2 rings (SSSR count). The van der Waals surface area contributed by atoms with Gasteiger partial charge in [-0.2, -0.15) is 0 Å². The molecule has 4 nitrogen and oxygen atoms in total. The summed E-state index contributed by atoms with van der Waals surface area (Å²) in [6.45, 7) is 7.09. The van der Waals surface area contributed by atoms with E-state index in [1.807, 2.05) is 38.4 Å². The van der Waals surface area contributed by atoms with Gasteiger partial charge < -0.3 is 9.32 Å². The monoisotopic (exact) mass is 213 g/mol. The standard InChI is InChI=1S/C12H11N3O/c1-13-10(8-15(2)3)12-14-9-6-4-5-7-11(9)16-12/h4-8H,2-3H3/b10-8-. The molecule has 0 unspecified atom stereocenters. The average molecular weight is 213 g/mol. The van der Waals surface area contributed by atoms with Gasteiger partial charge >= 0.3 is 0 Å². The number of rotatable bonds is 2. The van der Waals surface area contributed by atoms with Crippen molar-refractivity contribution in [3.05, 3.63) is 47.8 Å². The van der Waals surface area contributed by atoms with Crippen LogP contribution in [-0.4, -0.2) is 24.0 Å². The molecule has 1 aromatic carbocycles. The first-order valence-corrected chi connectivity index (χ1v) is 4.82. The highest BCUT2D eigenvalue weighted by molar-refractivity contribution is 5.76. The number of oxazole rings is 1. The molecule has 0 radical (unpaired) electrons. The summed E-state index contributed by atoms with van der Waals surface area (Å²) < 4.78 is 5.50. The molecule has 0 saturated heterocycles. The van der Waals surface area contributed by atoms with E-state index < -0.39 is 0 Å². The molecule has 80 valence electrons. The summed E-state index contributed by atoms with van der Waals surface area (Å²) in [4.78, 5) is 9.46. The highest BCUT2D eigenvalue weighted by Crippen LogP contribution is 2.21. The number of nitrogens with zero attached hydrogens (tertiary/aromatic N) is 3. The van der Waals surface area contributed by atoms with Gasteiger partial charge in [-0.3, -0.25) is 0 Å². The molecular formula is C12H11N3O. The molecule has 0 aliphatic rings. The Morgan fingerprint density at radius 2 is 2.19 bits per heavy atom. The fourth-order valence-electron chi connectivity index (χ4n) is 1.36. The Kier molecular flexibility index (Phi) is 2.61. The summed E-state index contributed by atoms with van der Waals surface area (Å²) in [5.41, 5.74) is 1.87. The van der Waals surface area contributed by atoms with Crippen LogP contribution in [0.3, 0.4) is 0 Å². The predicted molar refractivity (Wildman–Crippen MR) is 62.3 cm³/mol. The van der Waals surface area contributed by atoms with E-state index in [0.717, 1.165) is 5.52 Å². The minimum Gasteiger partial charge on any atom is -0.447 e. The number of hydrogen-bond donors (Lipinski definition) is 0. The van der Waals surface area contributed by atoms with E-state index in [1.54, 1.807) is 11.1 Å². The highest BCUT2D eigenvalue weighted by atomic mass is 16.3. The molecule has 0 saturated carbocycles. The van der Waals surface area contributed by atoms with Crippen LogP contribution in [0.4, 0.5) is 0 Å². The second-order valence-corrected chi connectivity index (χ2v) is 3.58. The molecule has 0 atom stereocenters. The summed E-state index contributed by atoms with van der Waals surface area (Å²) in [7, 11) is 3.71. The average Bonchev–Trinajstić information content (AvgIpc) is 2.68. The lowest BCUT2D eigenvalue weighted by Gasteiger charge is -2.03. The third kappa shape index (κ3) is 1.89. The van der Waals surface area contributed by atoms with E-state index in [9.17, 15) is 0 Å². The topological polar surface area (TPSA) is 33.6 Å². The van der Waals surface area contributed by atoms with Crippen LogP contribution in [-0.2, 0) is 0 Å². The fraction of sp³-hybridized carbons (Fsp3) is 0.167. The number of benzene rings is 1. The third-order valence-electron chi connectivity index (χ3n) is 2.01. The summed E-state index contributed by atoms with van der Waals surface area (Å²) in [5, 5.41) is 0. The van der Waals surface area contributed by atoms with Crippen LogP contribution in [0.5, 0.6) is 0 Å². The Hall–Kier alpha value is -2.28. The van der Waals surface area contributed by atoms with Gasteiger partial charge in [-0.25, -0.2) is 9.83 Å². The van der Waals surface area contributed by atoms with Crippen LogP contribution < -0.4 is 0 Å². The van der Waals surface area contributed by atoms with E-state index in [4.69, 9.17) is 11.0 Å². The van der Waals surface area contributed by atoms with Crippen LogP contribution in [0.1, 0.15) is 5.89 Å². The second kappa shape index (κ2) is 4.07. The summed E-state index contributed by atoms with van der Waals surface area (Å²) >= 11 is 0. The lowest BCUT2D eigenvalue weighted by atomic mass is 10.3. The summed E-state index contributed by atoms with van der Waals surface area (Å²) in [6.07, 6.45) is 1.69. The first-order valence-electron chi connectivity index (χ1n) is 4.82. The smallest absolute Gasteiger partial charge is 0.262 e. The molecule has 1 aromatic heterocycles. The van der Waals surface area contributed by atoms with Crippen molar-refractivity contribution in [3.63, 3.8) is 0 Å². The quantitative estimate of drug-likeness (QED) is 0.719. The Morgan fingerprint density at radius 3 is 2.81 bits per heavy atom. The molecule has 0 aliphatic carbocycles. The molecule has 4 heteroatoms. The molecule has 0 fully saturated rings. The molecule has 0 aliphatic heterocycles. The normalized spacial score (nSPS) is 11.4. The third-order valence-corrected chi connectivity index (χ3v) is 2.01. The molecule has 0 spiro atoms. The van der Waals surface area contributed by atoms with Gasteiger partial charge in [0.1, 0.15) is 5.52 Å². The maximum atomic E-state index is 7.09. The minimum atomic E-state index is 0.366. The summed E-state index contributed by atoms with van der Waals surface area (Å²) in [6, 6.07) is 7.47. The van der Waals surface area contributed by atoms with Crippen molar-refractivity contribution in [2.24, 2.45) is 0 Å². The van der Waals surface area contributed by atoms with Gasteiger partial charge in [0.15, 0.2) is 5.58 Å². The van der Waals surface area contributed by atoms with Crippen molar-refractivity contribution in [1.82, 2.24) is 9.88 Å². The van der Waals surface area contributed by atoms with Crippen LogP contribution >= 0.6 is 0 Å².